The Bertz CT molecular complexity index is 822. The monoisotopic (exact) mass is 493 g/mol. The minimum Gasteiger partial charge on any atom is -0.364 e. The number of benzene rings is 1. The highest BCUT2D eigenvalue weighted by molar-refractivity contribution is 14.0. The molecule has 0 fully saturated rings. The van der Waals surface area contributed by atoms with Gasteiger partial charge in [-0.1, -0.05) is 23.4 Å². The summed E-state index contributed by atoms with van der Waals surface area (Å²) in [5.74, 6) is 0.625. The molecule has 0 unspecified atom stereocenters. The van der Waals surface area contributed by atoms with E-state index in [1.807, 2.05) is 18.0 Å². The first kappa shape index (κ1) is 22.4. The lowest BCUT2D eigenvalue weighted by molar-refractivity contribution is 0.391. The number of hydrogen-bond acceptors (Lipinski definition) is 5. The number of nitrogens with zero attached hydrogens (tertiary/aromatic N) is 4. The third-order valence-corrected chi connectivity index (χ3v) is 5.55. The van der Waals surface area contributed by atoms with Gasteiger partial charge in [0.1, 0.15) is 12.0 Å². The van der Waals surface area contributed by atoms with E-state index in [9.17, 15) is 8.42 Å². The summed E-state index contributed by atoms with van der Waals surface area (Å²) in [7, 11) is 3.07. The number of guanidine groups is 1. The van der Waals surface area contributed by atoms with Crippen LogP contribution in [0.1, 0.15) is 11.3 Å². The third kappa shape index (κ3) is 5.42. The van der Waals surface area contributed by atoms with E-state index >= 15 is 0 Å². The van der Waals surface area contributed by atoms with Crippen LogP contribution in [0.3, 0.4) is 0 Å². The van der Waals surface area contributed by atoms with Crippen LogP contribution in [0, 0.1) is 0 Å². The van der Waals surface area contributed by atoms with Crippen molar-refractivity contribution in [2.24, 2.45) is 4.99 Å². The van der Waals surface area contributed by atoms with Crippen molar-refractivity contribution in [1.29, 1.82) is 0 Å². The molecule has 1 aromatic carbocycles. The maximum atomic E-state index is 12.5. The van der Waals surface area contributed by atoms with Crippen LogP contribution >= 0.6 is 24.0 Å². The number of aliphatic imine (C=N–C) groups is 1. The number of nitrogens with one attached hydrogen (secondary N) is 1. The lowest BCUT2D eigenvalue weighted by atomic mass is 10.2. The van der Waals surface area contributed by atoms with E-state index in [1.54, 1.807) is 31.3 Å². The number of aromatic nitrogens is 1. The van der Waals surface area contributed by atoms with Gasteiger partial charge in [0, 0.05) is 40.8 Å². The summed E-state index contributed by atoms with van der Waals surface area (Å²) in [5.41, 5.74) is 1.45. The molecule has 0 radical (unpaired) electrons. The molecule has 1 aromatic heterocycles. The molecule has 0 bridgehead atoms. The van der Waals surface area contributed by atoms with Gasteiger partial charge in [0.05, 0.1) is 11.4 Å². The van der Waals surface area contributed by atoms with Crippen molar-refractivity contribution in [3.8, 4) is 0 Å². The predicted octanol–water partition coefficient (Wildman–Crippen LogP) is 1.75. The van der Waals surface area contributed by atoms with Crippen LogP contribution in [0.4, 0.5) is 0 Å². The SMILES string of the molecule is CN=C(NCc1ccccc1S(=O)(=O)N(C)C)N(C)Cc1ccon1.I. The quantitative estimate of drug-likeness (QED) is 0.375. The Labute approximate surface area is 171 Å². The smallest absolute Gasteiger partial charge is 0.242 e. The summed E-state index contributed by atoms with van der Waals surface area (Å²) in [6, 6.07) is 8.70. The molecule has 0 amide bonds. The molecule has 0 saturated carbocycles. The van der Waals surface area contributed by atoms with Gasteiger partial charge in [0.15, 0.2) is 5.96 Å². The molecule has 10 heteroatoms. The van der Waals surface area contributed by atoms with Crippen molar-refractivity contribution < 1.29 is 12.9 Å². The number of hydrogen-bond donors (Lipinski definition) is 1. The van der Waals surface area contributed by atoms with Crippen molar-refractivity contribution in [1.82, 2.24) is 19.7 Å². The molecule has 8 nitrogen and oxygen atoms in total. The first-order chi connectivity index (χ1) is 11.9. The fourth-order valence-electron chi connectivity index (χ4n) is 2.29. The van der Waals surface area contributed by atoms with E-state index < -0.39 is 10.0 Å². The summed E-state index contributed by atoms with van der Waals surface area (Å²) in [6.07, 6.45) is 1.52. The normalized spacial score (nSPS) is 12.0. The van der Waals surface area contributed by atoms with Gasteiger partial charge in [-0.15, -0.1) is 24.0 Å². The van der Waals surface area contributed by atoms with E-state index in [0.717, 1.165) is 5.69 Å². The molecule has 1 heterocycles. The van der Waals surface area contributed by atoms with E-state index in [4.69, 9.17) is 4.52 Å². The molecule has 0 atom stereocenters. The standard InChI is InChI=1S/C16H23N5O3S.HI/c1-17-16(21(4)12-14-9-10-24-19-14)18-11-13-7-5-6-8-15(13)25(22,23)20(2)3;/h5-10H,11-12H2,1-4H3,(H,17,18);1H. The Balaban J connectivity index is 0.00000338. The van der Waals surface area contributed by atoms with Crippen LogP contribution < -0.4 is 5.32 Å². The minimum absolute atomic E-state index is 0. The van der Waals surface area contributed by atoms with Crippen LogP contribution in [0.25, 0.3) is 0 Å². The molecule has 144 valence electrons. The zero-order chi connectivity index (χ0) is 18.4. The van der Waals surface area contributed by atoms with Gasteiger partial charge >= 0.3 is 0 Å². The molecule has 1 N–H and O–H groups in total. The Kier molecular flexibility index (Phi) is 8.50. The third-order valence-electron chi connectivity index (χ3n) is 3.63. The fraction of sp³-hybridized carbons (Fsp3) is 0.375. The average Bonchev–Trinajstić information content (AvgIpc) is 3.08. The number of sulfonamides is 1. The van der Waals surface area contributed by atoms with E-state index in [0.29, 0.717) is 24.6 Å². The van der Waals surface area contributed by atoms with Gasteiger partial charge in [-0.3, -0.25) is 4.99 Å². The lowest BCUT2D eigenvalue weighted by Gasteiger charge is -2.22. The lowest BCUT2D eigenvalue weighted by Crippen LogP contribution is -2.38. The maximum Gasteiger partial charge on any atom is 0.242 e. The molecule has 0 aliphatic rings. The molecule has 0 aliphatic heterocycles. The van der Waals surface area contributed by atoms with Gasteiger partial charge in [0.2, 0.25) is 10.0 Å². The topological polar surface area (TPSA) is 91.0 Å². The molecule has 2 aromatic rings. The first-order valence-electron chi connectivity index (χ1n) is 7.67. The average molecular weight is 493 g/mol. The van der Waals surface area contributed by atoms with Crippen molar-refractivity contribution in [3.05, 3.63) is 47.9 Å². The Morgan fingerprint density at radius 2 is 1.92 bits per heavy atom. The van der Waals surface area contributed by atoms with Crippen molar-refractivity contribution >= 4 is 40.0 Å². The summed E-state index contributed by atoms with van der Waals surface area (Å²) in [4.78, 5) is 6.38. The van der Waals surface area contributed by atoms with Crippen LogP contribution in [0.15, 0.2) is 51.0 Å². The molecule has 0 spiro atoms. The van der Waals surface area contributed by atoms with E-state index in [-0.39, 0.29) is 28.9 Å². The molecule has 2 rings (SSSR count). The van der Waals surface area contributed by atoms with Crippen molar-refractivity contribution in [2.75, 3.05) is 28.2 Å². The second kappa shape index (κ2) is 9.88. The number of rotatable bonds is 6. The summed E-state index contributed by atoms with van der Waals surface area (Å²) in [5, 5.41) is 7.06. The van der Waals surface area contributed by atoms with E-state index in [2.05, 4.69) is 15.5 Å². The Morgan fingerprint density at radius 3 is 2.50 bits per heavy atom. The highest BCUT2D eigenvalue weighted by Crippen LogP contribution is 2.18. The molecule has 0 saturated heterocycles. The summed E-state index contributed by atoms with van der Waals surface area (Å²) < 4.78 is 30.9. The van der Waals surface area contributed by atoms with Gasteiger partial charge < -0.3 is 14.7 Å². The van der Waals surface area contributed by atoms with Crippen molar-refractivity contribution in [3.63, 3.8) is 0 Å². The van der Waals surface area contributed by atoms with E-state index in [1.165, 1.54) is 24.7 Å². The first-order valence-corrected chi connectivity index (χ1v) is 9.11. The zero-order valence-electron chi connectivity index (χ0n) is 15.2. The fourth-order valence-corrected chi connectivity index (χ4v) is 3.41. The minimum atomic E-state index is -3.51. The van der Waals surface area contributed by atoms with Gasteiger partial charge in [-0.05, 0) is 11.6 Å². The zero-order valence-corrected chi connectivity index (χ0v) is 18.4. The molecule has 0 aliphatic carbocycles. The van der Waals surface area contributed by atoms with Crippen molar-refractivity contribution in [2.45, 2.75) is 18.0 Å². The molecule has 26 heavy (non-hydrogen) atoms. The molecular weight excluding hydrogens is 469 g/mol. The van der Waals surface area contributed by atoms with Gasteiger partial charge in [-0.2, -0.15) is 0 Å². The summed E-state index contributed by atoms with van der Waals surface area (Å²) in [6.45, 7) is 0.854. The van der Waals surface area contributed by atoms with Crippen LogP contribution in [0.5, 0.6) is 0 Å². The largest absolute Gasteiger partial charge is 0.364 e. The number of halogens is 1. The van der Waals surface area contributed by atoms with Crippen LogP contribution in [-0.2, 0) is 23.1 Å². The maximum absolute atomic E-state index is 12.5. The van der Waals surface area contributed by atoms with Crippen LogP contribution in [-0.4, -0.2) is 56.9 Å². The van der Waals surface area contributed by atoms with Crippen LogP contribution in [0.2, 0.25) is 0 Å². The second-order valence-corrected chi connectivity index (χ2v) is 7.76. The summed E-state index contributed by atoms with van der Waals surface area (Å²) >= 11 is 0. The Hall–Kier alpha value is -1.66. The highest BCUT2D eigenvalue weighted by atomic mass is 127. The van der Waals surface area contributed by atoms with Gasteiger partial charge in [-0.25, -0.2) is 12.7 Å². The highest BCUT2D eigenvalue weighted by Gasteiger charge is 2.21. The molecular formula is C16H24IN5O3S. The second-order valence-electron chi connectivity index (χ2n) is 5.64. The Morgan fingerprint density at radius 1 is 1.23 bits per heavy atom. The predicted molar refractivity (Wildman–Crippen MR) is 111 cm³/mol. The van der Waals surface area contributed by atoms with Gasteiger partial charge in [0.25, 0.3) is 0 Å².